The highest BCUT2D eigenvalue weighted by Gasteiger charge is 2.12. The van der Waals surface area contributed by atoms with Crippen molar-refractivity contribution in [1.82, 2.24) is 10.2 Å². The first kappa shape index (κ1) is 13.9. The number of hydrogen-bond donors (Lipinski definition) is 1. The van der Waals surface area contributed by atoms with Crippen LogP contribution >= 0.6 is 0 Å². The van der Waals surface area contributed by atoms with Gasteiger partial charge < -0.3 is 10.1 Å². The largest absolute Gasteiger partial charge is 0.379 e. The van der Waals surface area contributed by atoms with Crippen molar-refractivity contribution >= 4 is 5.91 Å². The van der Waals surface area contributed by atoms with Crippen LogP contribution in [0.5, 0.6) is 0 Å². The van der Waals surface area contributed by atoms with E-state index in [2.05, 4.69) is 10.2 Å². The van der Waals surface area contributed by atoms with Crippen LogP contribution in [0.25, 0.3) is 0 Å². The van der Waals surface area contributed by atoms with Gasteiger partial charge in [-0.3, -0.25) is 9.69 Å². The second-order valence-electron chi connectivity index (χ2n) is 4.37. The van der Waals surface area contributed by atoms with Crippen LogP contribution < -0.4 is 5.32 Å². The topological polar surface area (TPSA) is 41.6 Å². The number of carbonyl (C=O) groups is 1. The highest BCUT2D eigenvalue weighted by Crippen LogP contribution is 2.07. The van der Waals surface area contributed by atoms with Gasteiger partial charge in [-0.25, -0.2) is 8.78 Å². The van der Waals surface area contributed by atoms with E-state index in [4.69, 9.17) is 4.74 Å². The van der Waals surface area contributed by atoms with Crippen molar-refractivity contribution in [3.63, 3.8) is 0 Å². The Labute approximate surface area is 110 Å². The van der Waals surface area contributed by atoms with Crippen molar-refractivity contribution in [2.24, 2.45) is 0 Å². The van der Waals surface area contributed by atoms with Gasteiger partial charge in [0.15, 0.2) is 0 Å². The van der Waals surface area contributed by atoms with Crippen molar-refractivity contribution in [3.8, 4) is 0 Å². The summed E-state index contributed by atoms with van der Waals surface area (Å²) in [7, 11) is 0. The molecule has 2 rings (SSSR count). The number of nitrogens with one attached hydrogen (secondary N) is 1. The smallest absolute Gasteiger partial charge is 0.251 e. The monoisotopic (exact) mass is 270 g/mol. The standard InChI is InChI=1S/C13H16F2N2O2/c14-11-7-10(8-12(15)9-11)13(18)16-1-2-17-3-5-19-6-4-17/h7-9H,1-6H2,(H,16,18). The summed E-state index contributed by atoms with van der Waals surface area (Å²) in [6, 6.07) is 2.78. The predicted octanol–water partition coefficient (Wildman–Crippen LogP) is 1.03. The molecule has 0 atom stereocenters. The Morgan fingerprint density at radius 3 is 2.47 bits per heavy atom. The molecule has 19 heavy (non-hydrogen) atoms. The van der Waals surface area contributed by atoms with Gasteiger partial charge in [-0.15, -0.1) is 0 Å². The Kier molecular flexibility index (Phi) is 4.81. The molecule has 1 N–H and O–H groups in total. The van der Waals surface area contributed by atoms with Gasteiger partial charge in [0.2, 0.25) is 0 Å². The lowest BCUT2D eigenvalue weighted by molar-refractivity contribution is 0.0383. The molecule has 104 valence electrons. The summed E-state index contributed by atoms with van der Waals surface area (Å²) in [6.07, 6.45) is 0. The van der Waals surface area contributed by atoms with Crippen LogP contribution in [0, 0.1) is 11.6 Å². The van der Waals surface area contributed by atoms with E-state index in [1.165, 1.54) is 0 Å². The van der Waals surface area contributed by atoms with E-state index in [0.717, 1.165) is 31.3 Å². The zero-order valence-corrected chi connectivity index (χ0v) is 10.5. The minimum absolute atomic E-state index is 0.000484. The van der Waals surface area contributed by atoms with Crippen LogP contribution in [-0.4, -0.2) is 50.2 Å². The third kappa shape index (κ3) is 4.25. The molecule has 0 saturated carbocycles. The van der Waals surface area contributed by atoms with Crippen molar-refractivity contribution in [3.05, 3.63) is 35.4 Å². The van der Waals surface area contributed by atoms with Gasteiger partial charge in [-0.05, 0) is 12.1 Å². The molecule has 6 heteroatoms. The summed E-state index contributed by atoms with van der Waals surface area (Å²) in [6.45, 7) is 4.21. The van der Waals surface area contributed by atoms with Crippen molar-refractivity contribution in [2.75, 3.05) is 39.4 Å². The fraction of sp³-hybridized carbons (Fsp3) is 0.462. The van der Waals surface area contributed by atoms with E-state index in [1.807, 2.05) is 0 Å². The first-order chi connectivity index (χ1) is 9.15. The Morgan fingerprint density at radius 2 is 1.84 bits per heavy atom. The maximum atomic E-state index is 13.0. The molecule has 1 amide bonds. The molecule has 0 spiro atoms. The molecule has 0 aliphatic carbocycles. The summed E-state index contributed by atoms with van der Waals surface area (Å²) in [4.78, 5) is 13.9. The molecule has 0 radical (unpaired) electrons. The van der Waals surface area contributed by atoms with E-state index in [0.29, 0.717) is 26.3 Å². The highest BCUT2D eigenvalue weighted by atomic mass is 19.1. The van der Waals surface area contributed by atoms with Gasteiger partial charge in [-0.1, -0.05) is 0 Å². The Balaban J connectivity index is 1.80. The van der Waals surface area contributed by atoms with Gasteiger partial charge in [0.25, 0.3) is 5.91 Å². The number of amides is 1. The Morgan fingerprint density at radius 1 is 1.21 bits per heavy atom. The average Bonchev–Trinajstić information content (AvgIpc) is 2.38. The minimum Gasteiger partial charge on any atom is -0.379 e. The molecule has 1 aromatic carbocycles. The van der Waals surface area contributed by atoms with E-state index in [1.54, 1.807) is 0 Å². The van der Waals surface area contributed by atoms with E-state index < -0.39 is 17.5 Å². The SMILES string of the molecule is O=C(NCCN1CCOCC1)c1cc(F)cc(F)c1. The zero-order chi connectivity index (χ0) is 13.7. The Bertz CT molecular complexity index is 428. The summed E-state index contributed by atoms with van der Waals surface area (Å²) >= 11 is 0. The maximum absolute atomic E-state index is 13.0. The van der Waals surface area contributed by atoms with Crippen LogP contribution in [0.4, 0.5) is 8.78 Å². The first-order valence-corrected chi connectivity index (χ1v) is 6.19. The van der Waals surface area contributed by atoms with Crippen LogP contribution in [0.3, 0.4) is 0 Å². The third-order valence-electron chi connectivity index (χ3n) is 2.94. The van der Waals surface area contributed by atoms with Crippen LogP contribution in [0.1, 0.15) is 10.4 Å². The summed E-state index contributed by atoms with van der Waals surface area (Å²) < 4.78 is 31.1. The fourth-order valence-electron chi connectivity index (χ4n) is 1.94. The molecule has 4 nitrogen and oxygen atoms in total. The first-order valence-electron chi connectivity index (χ1n) is 6.19. The molecular formula is C13H16F2N2O2. The summed E-state index contributed by atoms with van der Waals surface area (Å²) in [5, 5.41) is 2.65. The number of benzene rings is 1. The number of morpholine rings is 1. The summed E-state index contributed by atoms with van der Waals surface area (Å²) in [5.41, 5.74) is -0.000484. The second-order valence-corrected chi connectivity index (χ2v) is 4.37. The van der Waals surface area contributed by atoms with Gasteiger partial charge in [0.1, 0.15) is 11.6 Å². The lowest BCUT2D eigenvalue weighted by Crippen LogP contribution is -2.41. The predicted molar refractivity (Wildman–Crippen MR) is 66.0 cm³/mol. The number of carbonyl (C=O) groups excluding carboxylic acids is 1. The average molecular weight is 270 g/mol. The van der Waals surface area contributed by atoms with Crippen molar-refractivity contribution < 1.29 is 18.3 Å². The second kappa shape index (κ2) is 6.58. The van der Waals surface area contributed by atoms with Gasteiger partial charge in [0, 0.05) is 37.8 Å². The van der Waals surface area contributed by atoms with Crippen LogP contribution in [0.15, 0.2) is 18.2 Å². The number of ether oxygens (including phenoxy) is 1. The molecule has 0 unspecified atom stereocenters. The van der Waals surface area contributed by atoms with Gasteiger partial charge in [-0.2, -0.15) is 0 Å². The Hall–Kier alpha value is -1.53. The van der Waals surface area contributed by atoms with Gasteiger partial charge in [0.05, 0.1) is 13.2 Å². The number of nitrogens with zero attached hydrogens (tertiary/aromatic N) is 1. The quantitative estimate of drug-likeness (QED) is 0.888. The number of halogens is 2. The van der Waals surface area contributed by atoms with Crippen molar-refractivity contribution in [1.29, 1.82) is 0 Å². The minimum atomic E-state index is -0.752. The van der Waals surface area contributed by atoms with E-state index in [9.17, 15) is 13.6 Å². The molecule has 0 aromatic heterocycles. The molecule has 1 fully saturated rings. The molecule has 1 aliphatic heterocycles. The number of hydrogen-bond acceptors (Lipinski definition) is 3. The van der Waals surface area contributed by atoms with Crippen LogP contribution in [0.2, 0.25) is 0 Å². The molecule has 0 bridgehead atoms. The lowest BCUT2D eigenvalue weighted by atomic mass is 10.2. The highest BCUT2D eigenvalue weighted by molar-refractivity contribution is 5.94. The fourth-order valence-corrected chi connectivity index (χ4v) is 1.94. The molecule has 1 heterocycles. The van der Waals surface area contributed by atoms with Gasteiger partial charge >= 0.3 is 0 Å². The normalized spacial score (nSPS) is 16.3. The van der Waals surface area contributed by atoms with E-state index >= 15 is 0 Å². The molecular weight excluding hydrogens is 254 g/mol. The maximum Gasteiger partial charge on any atom is 0.251 e. The number of rotatable bonds is 4. The molecule has 1 saturated heterocycles. The zero-order valence-electron chi connectivity index (χ0n) is 10.5. The molecule has 1 aromatic rings. The van der Waals surface area contributed by atoms with Crippen molar-refractivity contribution in [2.45, 2.75) is 0 Å². The molecule has 1 aliphatic rings. The third-order valence-corrected chi connectivity index (χ3v) is 2.94. The summed E-state index contributed by atoms with van der Waals surface area (Å²) in [5.74, 6) is -1.97. The van der Waals surface area contributed by atoms with Crippen LogP contribution in [-0.2, 0) is 4.74 Å². The van der Waals surface area contributed by atoms with E-state index in [-0.39, 0.29) is 5.56 Å². The lowest BCUT2D eigenvalue weighted by Gasteiger charge is -2.26.